The maximum atomic E-state index is 13.8. The average Bonchev–Trinajstić information content (AvgIpc) is 2.36. The molecule has 100 valence electrons. The maximum Gasteiger partial charge on any atom is 0.130 e. The van der Waals surface area contributed by atoms with Crippen LogP contribution in [-0.2, 0) is 0 Å². The Morgan fingerprint density at radius 1 is 1.16 bits per heavy atom. The Bertz CT molecular complexity index is 631. The third kappa shape index (κ3) is 2.96. The van der Waals surface area contributed by atoms with Crippen LogP contribution in [0.4, 0.5) is 8.78 Å². The van der Waals surface area contributed by atoms with Gasteiger partial charge in [0.2, 0.25) is 0 Å². The van der Waals surface area contributed by atoms with E-state index >= 15 is 0 Å². The van der Waals surface area contributed by atoms with E-state index in [-0.39, 0.29) is 11.4 Å². The first kappa shape index (κ1) is 14.4. The average molecular weight is 348 g/mol. The fourth-order valence-electron chi connectivity index (χ4n) is 1.77. The van der Waals surface area contributed by atoms with Gasteiger partial charge < -0.3 is 5.11 Å². The van der Waals surface area contributed by atoms with Crippen LogP contribution in [0.5, 0.6) is 0 Å². The summed E-state index contributed by atoms with van der Waals surface area (Å²) in [4.78, 5) is 0. The Morgan fingerprint density at radius 3 is 2.47 bits per heavy atom. The molecule has 0 aliphatic carbocycles. The van der Waals surface area contributed by atoms with Crippen LogP contribution in [-0.4, -0.2) is 5.11 Å². The summed E-state index contributed by atoms with van der Waals surface area (Å²) in [5.74, 6) is -0.948. The molecule has 1 atom stereocenters. The fourth-order valence-corrected chi connectivity index (χ4v) is 2.25. The van der Waals surface area contributed by atoms with Gasteiger partial charge >= 0.3 is 0 Å². The second-order valence-corrected chi connectivity index (χ2v) is 5.46. The highest BCUT2D eigenvalue weighted by atomic mass is 79.9. The molecule has 0 spiro atoms. The summed E-state index contributed by atoms with van der Waals surface area (Å²) in [6.45, 7) is 1.58. The van der Waals surface area contributed by atoms with Gasteiger partial charge in [-0.3, -0.25) is 0 Å². The van der Waals surface area contributed by atoms with Crippen molar-refractivity contribution in [2.45, 2.75) is 13.0 Å². The van der Waals surface area contributed by atoms with E-state index in [0.717, 1.165) is 0 Å². The normalized spacial score (nSPS) is 12.5. The largest absolute Gasteiger partial charge is 0.384 e. The van der Waals surface area contributed by atoms with E-state index in [0.29, 0.717) is 20.6 Å². The number of hydrogen-bond acceptors (Lipinski definition) is 1. The third-order valence-electron chi connectivity index (χ3n) is 2.83. The highest BCUT2D eigenvalue weighted by molar-refractivity contribution is 9.10. The summed E-state index contributed by atoms with van der Waals surface area (Å²) in [6.07, 6.45) is -1.19. The maximum absolute atomic E-state index is 13.8. The van der Waals surface area contributed by atoms with E-state index in [4.69, 9.17) is 11.6 Å². The quantitative estimate of drug-likeness (QED) is 0.776. The van der Waals surface area contributed by atoms with Gasteiger partial charge in [0.15, 0.2) is 0 Å². The molecule has 1 N–H and O–H groups in total. The van der Waals surface area contributed by atoms with Gasteiger partial charge in [-0.05, 0) is 52.2 Å². The number of halogens is 4. The zero-order valence-electron chi connectivity index (χ0n) is 9.92. The predicted octanol–water partition coefficient (Wildman–Crippen LogP) is 4.77. The van der Waals surface area contributed by atoms with Crippen LogP contribution >= 0.6 is 27.5 Å². The van der Waals surface area contributed by atoms with Gasteiger partial charge in [-0.1, -0.05) is 23.7 Å². The lowest BCUT2D eigenvalue weighted by Gasteiger charge is -2.14. The molecule has 0 saturated carbocycles. The van der Waals surface area contributed by atoms with Crippen LogP contribution in [0.1, 0.15) is 22.8 Å². The zero-order chi connectivity index (χ0) is 14.2. The van der Waals surface area contributed by atoms with E-state index in [1.807, 2.05) is 0 Å². The number of hydrogen-bond donors (Lipinski definition) is 1. The Morgan fingerprint density at radius 2 is 1.84 bits per heavy atom. The predicted molar refractivity (Wildman–Crippen MR) is 74.3 cm³/mol. The molecule has 0 aliphatic heterocycles. The third-order valence-corrected chi connectivity index (χ3v) is 4.03. The summed E-state index contributed by atoms with van der Waals surface area (Å²) in [5.41, 5.74) is 0.857. The molecule has 19 heavy (non-hydrogen) atoms. The van der Waals surface area contributed by atoms with E-state index in [9.17, 15) is 13.9 Å². The minimum Gasteiger partial charge on any atom is -0.384 e. The Labute approximate surface area is 123 Å². The number of rotatable bonds is 2. The standard InChI is InChI=1S/C14H10BrClF2O/c1-7-4-8(2-3-12(7)17)14(19)9-5-11(16)10(15)6-13(9)18/h2-6,14,19H,1H3. The van der Waals surface area contributed by atoms with Crippen molar-refractivity contribution in [3.8, 4) is 0 Å². The first-order valence-corrected chi connectivity index (χ1v) is 6.66. The second-order valence-electron chi connectivity index (χ2n) is 4.20. The van der Waals surface area contributed by atoms with Crippen molar-refractivity contribution in [3.05, 3.63) is 68.2 Å². The molecule has 0 aromatic heterocycles. The monoisotopic (exact) mass is 346 g/mol. The summed E-state index contributed by atoms with van der Waals surface area (Å²) < 4.78 is 27.4. The Balaban J connectivity index is 2.46. The summed E-state index contributed by atoms with van der Waals surface area (Å²) in [5, 5.41) is 10.5. The van der Waals surface area contributed by atoms with E-state index in [1.165, 1.54) is 30.3 Å². The number of aliphatic hydroxyl groups is 1. The van der Waals surface area contributed by atoms with Gasteiger partial charge in [0.1, 0.15) is 17.7 Å². The zero-order valence-corrected chi connectivity index (χ0v) is 12.3. The molecule has 5 heteroatoms. The summed E-state index contributed by atoms with van der Waals surface area (Å²) >= 11 is 8.99. The summed E-state index contributed by atoms with van der Waals surface area (Å²) in [7, 11) is 0. The van der Waals surface area contributed by atoms with Gasteiger partial charge in [0, 0.05) is 10.0 Å². The van der Waals surface area contributed by atoms with Crippen LogP contribution in [0.15, 0.2) is 34.8 Å². The van der Waals surface area contributed by atoms with E-state index < -0.39 is 11.9 Å². The number of benzene rings is 2. The molecule has 2 rings (SSSR count). The molecule has 0 bridgehead atoms. The molecule has 2 aromatic carbocycles. The lowest BCUT2D eigenvalue weighted by atomic mass is 9.99. The molecule has 0 fully saturated rings. The smallest absolute Gasteiger partial charge is 0.130 e. The topological polar surface area (TPSA) is 20.2 Å². The van der Waals surface area contributed by atoms with Gasteiger partial charge in [0.25, 0.3) is 0 Å². The van der Waals surface area contributed by atoms with Crippen LogP contribution in [0.3, 0.4) is 0 Å². The first-order valence-electron chi connectivity index (χ1n) is 5.48. The molecule has 0 heterocycles. The van der Waals surface area contributed by atoms with Crippen LogP contribution in [0, 0.1) is 18.6 Å². The van der Waals surface area contributed by atoms with Crippen molar-refractivity contribution in [1.29, 1.82) is 0 Å². The highest BCUT2D eigenvalue weighted by Crippen LogP contribution is 2.32. The highest BCUT2D eigenvalue weighted by Gasteiger charge is 2.17. The van der Waals surface area contributed by atoms with Crippen LogP contribution in [0.25, 0.3) is 0 Å². The number of aliphatic hydroxyl groups excluding tert-OH is 1. The lowest BCUT2D eigenvalue weighted by molar-refractivity contribution is 0.214. The second kappa shape index (κ2) is 5.57. The van der Waals surface area contributed by atoms with Crippen molar-refractivity contribution < 1.29 is 13.9 Å². The van der Waals surface area contributed by atoms with Crippen molar-refractivity contribution in [1.82, 2.24) is 0 Å². The molecule has 0 saturated heterocycles. The molecule has 0 radical (unpaired) electrons. The molecule has 0 amide bonds. The van der Waals surface area contributed by atoms with E-state index in [1.54, 1.807) is 6.92 Å². The van der Waals surface area contributed by atoms with Crippen molar-refractivity contribution in [3.63, 3.8) is 0 Å². The van der Waals surface area contributed by atoms with Crippen molar-refractivity contribution in [2.24, 2.45) is 0 Å². The van der Waals surface area contributed by atoms with Crippen molar-refractivity contribution >= 4 is 27.5 Å². The van der Waals surface area contributed by atoms with Gasteiger partial charge in [-0.25, -0.2) is 8.78 Å². The molecule has 0 aliphatic rings. The number of aryl methyl sites for hydroxylation is 1. The van der Waals surface area contributed by atoms with Crippen LogP contribution in [0.2, 0.25) is 5.02 Å². The minimum atomic E-state index is -1.19. The Hall–Kier alpha value is -0.970. The first-order chi connectivity index (χ1) is 8.90. The van der Waals surface area contributed by atoms with E-state index in [2.05, 4.69) is 15.9 Å². The van der Waals surface area contributed by atoms with Gasteiger partial charge in [-0.15, -0.1) is 0 Å². The molecular formula is C14H10BrClF2O. The molecule has 1 nitrogen and oxygen atoms in total. The van der Waals surface area contributed by atoms with Gasteiger partial charge in [-0.2, -0.15) is 0 Å². The van der Waals surface area contributed by atoms with Gasteiger partial charge in [0.05, 0.1) is 5.02 Å². The fraction of sp³-hybridized carbons (Fsp3) is 0.143. The minimum absolute atomic E-state index is 0.0548. The molecule has 2 aromatic rings. The van der Waals surface area contributed by atoms with Crippen LogP contribution < -0.4 is 0 Å². The SMILES string of the molecule is Cc1cc(C(O)c2cc(Cl)c(Br)cc2F)ccc1F. The summed E-state index contributed by atoms with van der Waals surface area (Å²) in [6, 6.07) is 6.69. The van der Waals surface area contributed by atoms with Crippen molar-refractivity contribution in [2.75, 3.05) is 0 Å². The molecule has 1 unspecified atom stereocenters. The lowest BCUT2D eigenvalue weighted by Crippen LogP contribution is -2.03. The molecular weight excluding hydrogens is 338 g/mol. The Kier molecular flexibility index (Phi) is 4.23.